The highest BCUT2D eigenvalue weighted by molar-refractivity contribution is 5.48. The predicted octanol–water partition coefficient (Wildman–Crippen LogP) is 3.39. The molecule has 1 N–H and O–H groups in total. The Balaban J connectivity index is 2.40. The summed E-state index contributed by atoms with van der Waals surface area (Å²) in [7, 11) is 1.61. The number of ether oxygens (including phenoxy) is 3. The van der Waals surface area contributed by atoms with Gasteiger partial charge in [0.2, 0.25) is 0 Å². The van der Waals surface area contributed by atoms with Gasteiger partial charge in [-0.15, -0.1) is 0 Å². The standard InChI is InChI=1S/C17H26O4/c1-11-6-7-16(18)17(3,4)21-15-8-12(2)14(9-13(11)15)20-10-19-5/h8-9,11,16,18H,6-7,10H2,1-5H3/t11-,16+/m0/s1. The van der Waals surface area contributed by atoms with E-state index in [4.69, 9.17) is 14.2 Å². The van der Waals surface area contributed by atoms with Crippen molar-refractivity contribution in [1.29, 1.82) is 0 Å². The van der Waals surface area contributed by atoms with Crippen LogP contribution in [0.25, 0.3) is 0 Å². The Hall–Kier alpha value is -1.26. The maximum atomic E-state index is 10.3. The third-order valence-corrected chi connectivity index (χ3v) is 4.22. The van der Waals surface area contributed by atoms with Crippen LogP contribution in [0.3, 0.4) is 0 Å². The first kappa shape index (κ1) is 16.1. The van der Waals surface area contributed by atoms with Crippen LogP contribution < -0.4 is 9.47 Å². The Kier molecular flexibility index (Phi) is 4.79. The highest BCUT2D eigenvalue weighted by atomic mass is 16.7. The minimum atomic E-state index is -0.587. The van der Waals surface area contributed by atoms with E-state index in [2.05, 4.69) is 6.92 Å². The molecule has 1 aromatic carbocycles. The molecule has 1 aliphatic heterocycles. The molecule has 0 fully saturated rings. The third kappa shape index (κ3) is 3.50. The second-order valence-electron chi connectivity index (χ2n) is 6.41. The summed E-state index contributed by atoms with van der Waals surface area (Å²) in [6, 6.07) is 4.04. The number of benzene rings is 1. The second kappa shape index (κ2) is 6.24. The summed E-state index contributed by atoms with van der Waals surface area (Å²) in [5, 5.41) is 10.3. The maximum Gasteiger partial charge on any atom is 0.188 e. The molecule has 0 radical (unpaired) electrons. The van der Waals surface area contributed by atoms with Crippen molar-refractivity contribution in [3.63, 3.8) is 0 Å². The fourth-order valence-corrected chi connectivity index (χ4v) is 2.69. The number of aliphatic hydroxyl groups excluding tert-OH is 1. The number of hydrogen-bond donors (Lipinski definition) is 1. The van der Waals surface area contributed by atoms with Crippen molar-refractivity contribution in [2.75, 3.05) is 13.9 Å². The quantitative estimate of drug-likeness (QED) is 0.868. The highest BCUT2D eigenvalue weighted by Gasteiger charge is 2.34. The molecule has 1 aromatic rings. The van der Waals surface area contributed by atoms with Crippen LogP contribution in [-0.4, -0.2) is 30.7 Å². The summed E-state index contributed by atoms with van der Waals surface area (Å²) in [6.45, 7) is 8.24. The van der Waals surface area contributed by atoms with E-state index in [0.29, 0.717) is 5.92 Å². The fraction of sp³-hybridized carbons (Fsp3) is 0.647. The van der Waals surface area contributed by atoms with E-state index in [-0.39, 0.29) is 6.79 Å². The van der Waals surface area contributed by atoms with Gasteiger partial charge in [-0.3, -0.25) is 0 Å². The molecular weight excluding hydrogens is 268 g/mol. The SMILES string of the molecule is COCOc1cc2c(cc1C)OC(C)(C)[C@H](O)CC[C@@H]2C. The average Bonchev–Trinajstić information content (AvgIpc) is 2.42. The van der Waals surface area contributed by atoms with Crippen LogP contribution in [-0.2, 0) is 4.74 Å². The predicted molar refractivity (Wildman–Crippen MR) is 82.0 cm³/mol. The van der Waals surface area contributed by atoms with Gasteiger partial charge in [-0.1, -0.05) is 6.92 Å². The zero-order valence-corrected chi connectivity index (χ0v) is 13.6. The van der Waals surface area contributed by atoms with Gasteiger partial charge in [0.05, 0.1) is 6.10 Å². The zero-order valence-electron chi connectivity index (χ0n) is 13.6. The molecule has 0 bridgehead atoms. The number of methoxy groups -OCH3 is 1. The summed E-state index contributed by atoms with van der Waals surface area (Å²) in [5.41, 5.74) is 1.55. The van der Waals surface area contributed by atoms with Gasteiger partial charge < -0.3 is 19.3 Å². The van der Waals surface area contributed by atoms with Crippen LogP contribution in [0, 0.1) is 6.92 Å². The molecule has 4 nitrogen and oxygen atoms in total. The van der Waals surface area contributed by atoms with E-state index in [1.165, 1.54) is 0 Å². The summed E-state index contributed by atoms with van der Waals surface area (Å²) in [6.07, 6.45) is 1.20. The number of aliphatic hydroxyl groups is 1. The molecule has 118 valence electrons. The number of fused-ring (bicyclic) bond motifs is 1. The van der Waals surface area contributed by atoms with Crippen molar-refractivity contribution in [2.24, 2.45) is 0 Å². The molecule has 2 rings (SSSR count). The van der Waals surface area contributed by atoms with E-state index in [1.807, 2.05) is 32.9 Å². The van der Waals surface area contributed by atoms with Gasteiger partial charge in [-0.25, -0.2) is 0 Å². The summed E-state index contributed by atoms with van der Waals surface area (Å²) >= 11 is 0. The van der Waals surface area contributed by atoms with E-state index in [0.717, 1.165) is 35.5 Å². The van der Waals surface area contributed by atoms with Crippen molar-refractivity contribution in [3.05, 3.63) is 23.3 Å². The van der Waals surface area contributed by atoms with E-state index in [9.17, 15) is 5.11 Å². The van der Waals surface area contributed by atoms with Crippen molar-refractivity contribution in [1.82, 2.24) is 0 Å². The molecule has 0 unspecified atom stereocenters. The first-order valence-corrected chi connectivity index (χ1v) is 7.48. The zero-order chi connectivity index (χ0) is 15.6. The lowest BCUT2D eigenvalue weighted by atomic mass is 9.87. The lowest BCUT2D eigenvalue weighted by Gasteiger charge is -2.36. The molecule has 0 saturated carbocycles. The topological polar surface area (TPSA) is 47.9 Å². The number of hydrogen-bond acceptors (Lipinski definition) is 4. The van der Waals surface area contributed by atoms with Gasteiger partial charge in [0.25, 0.3) is 0 Å². The van der Waals surface area contributed by atoms with Crippen LogP contribution in [0.2, 0.25) is 0 Å². The normalized spacial score (nSPS) is 24.5. The van der Waals surface area contributed by atoms with Gasteiger partial charge in [0.15, 0.2) is 6.79 Å². The van der Waals surface area contributed by atoms with Crippen LogP contribution in [0.5, 0.6) is 11.5 Å². The lowest BCUT2D eigenvalue weighted by Crippen LogP contribution is -2.43. The molecule has 0 aromatic heterocycles. The Morgan fingerprint density at radius 1 is 1.33 bits per heavy atom. The molecule has 0 spiro atoms. The highest BCUT2D eigenvalue weighted by Crippen LogP contribution is 2.40. The molecule has 21 heavy (non-hydrogen) atoms. The van der Waals surface area contributed by atoms with Gasteiger partial charge in [0, 0.05) is 12.7 Å². The largest absolute Gasteiger partial charge is 0.485 e. The Bertz CT molecular complexity index is 496. The molecule has 2 atom stereocenters. The summed E-state index contributed by atoms with van der Waals surface area (Å²) in [4.78, 5) is 0. The number of rotatable bonds is 3. The minimum absolute atomic E-state index is 0.235. The van der Waals surface area contributed by atoms with Crippen molar-refractivity contribution >= 4 is 0 Å². The molecule has 0 amide bonds. The van der Waals surface area contributed by atoms with Crippen LogP contribution in [0.4, 0.5) is 0 Å². The van der Waals surface area contributed by atoms with Gasteiger partial charge in [0.1, 0.15) is 17.1 Å². The van der Waals surface area contributed by atoms with Gasteiger partial charge >= 0.3 is 0 Å². The molecule has 0 saturated heterocycles. The summed E-state index contributed by atoms with van der Waals surface area (Å²) < 4.78 is 16.7. The maximum absolute atomic E-state index is 10.3. The minimum Gasteiger partial charge on any atom is -0.485 e. The summed E-state index contributed by atoms with van der Waals surface area (Å²) in [5.74, 6) is 1.98. The Labute approximate surface area is 127 Å². The molecule has 1 heterocycles. The molecule has 4 heteroatoms. The molecule has 0 aliphatic carbocycles. The second-order valence-corrected chi connectivity index (χ2v) is 6.41. The van der Waals surface area contributed by atoms with E-state index in [1.54, 1.807) is 7.11 Å². The van der Waals surface area contributed by atoms with Crippen molar-refractivity contribution < 1.29 is 19.3 Å². The van der Waals surface area contributed by atoms with Crippen LogP contribution in [0.1, 0.15) is 50.7 Å². The first-order chi connectivity index (χ1) is 9.85. The molecular formula is C17H26O4. The average molecular weight is 294 g/mol. The molecule has 1 aliphatic rings. The van der Waals surface area contributed by atoms with Crippen molar-refractivity contribution in [2.45, 2.75) is 58.2 Å². The van der Waals surface area contributed by atoms with Gasteiger partial charge in [-0.05, 0) is 57.2 Å². The number of aryl methyl sites for hydroxylation is 1. The van der Waals surface area contributed by atoms with E-state index >= 15 is 0 Å². The Morgan fingerprint density at radius 3 is 2.71 bits per heavy atom. The monoisotopic (exact) mass is 294 g/mol. The Morgan fingerprint density at radius 2 is 2.05 bits per heavy atom. The lowest BCUT2D eigenvalue weighted by molar-refractivity contribution is -0.0382. The van der Waals surface area contributed by atoms with Crippen LogP contribution >= 0.6 is 0 Å². The smallest absolute Gasteiger partial charge is 0.188 e. The van der Waals surface area contributed by atoms with Crippen molar-refractivity contribution in [3.8, 4) is 11.5 Å². The third-order valence-electron chi connectivity index (χ3n) is 4.22. The van der Waals surface area contributed by atoms with Crippen LogP contribution in [0.15, 0.2) is 12.1 Å². The fourth-order valence-electron chi connectivity index (χ4n) is 2.69. The first-order valence-electron chi connectivity index (χ1n) is 7.48. The van der Waals surface area contributed by atoms with Gasteiger partial charge in [-0.2, -0.15) is 0 Å². The van der Waals surface area contributed by atoms with E-state index < -0.39 is 11.7 Å².